The number of carbonyl (C=O) groups is 1. The average Bonchev–Trinajstić information content (AvgIpc) is 2.20. The normalized spacial score (nSPS) is 14.2. The van der Waals surface area contributed by atoms with Crippen molar-refractivity contribution < 1.29 is 25.2 Å². The second-order valence-electron chi connectivity index (χ2n) is 2.84. The van der Waals surface area contributed by atoms with E-state index in [1.54, 1.807) is 0 Å². The van der Waals surface area contributed by atoms with E-state index in [4.69, 9.17) is 26.9 Å². The Balaban J connectivity index is 4.62. The van der Waals surface area contributed by atoms with Gasteiger partial charge in [-0.3, -0.25) is 4.79 Å². The third-order valence-electron chi connectivity index (χ3n) is 1.96. The topological polar surface area (TPSA) is 98.0 Å². The van der Waals surface area contributed by atoms with Gasteiger partial charge in [0.05, 0.1) is 31.1 Å². The van der Waals surface area contributed by atoms with E-state index in [1.807, 2.05) is 0 Å². The summed E-state index contributed by atoms with van der Waals surface area (Å²) in [5.74, 6) is -1.16. The van der Waals surface area contributed by atoms with Gasteiger partial charge in [-0.25, -0.2) is 0 Å². The number of hydrogen-bond acceptors (Lipinski definition) is 5. The predicted molar refractivity (Wildman–Crippen MR) is 45.4 cm³/mol. The van der Waals surface area contributed by atoms with Crippen LogP contribution in [0, 0.1) is 5.41 Å². The lowest BCUT2D eigenvalue weighted by atomic mass is 9.83. The van der Waals surface area contributed by atoms with E-state index in [9.17, 15) is 9.90 Å². The summed E-state index contributed by atoms with van der Waals surface area (Å²) in [4.78, 5) is 10.9. The molecule has 0 spiro atoms. The van der Waals surface area contributed by atoms with E-state index in [1.165, 1.54) is 0 Å². The minimum absolute atomic E-state index is 0.428. The highest BCUT2D eigenvalue weighted by Gasteiger charge is 2.40. The smallest absolute Gasteiger partial charge is 0.176 e. The monoisotopic (exact) mass is 212 g/mol. The van der Waals surface area contributed by atoms with Gasteiger partial charge in [-0.05, 0) is 0 Å². The molecule has 0 radical (unpaired) electrons. The fraction of sp³-hybridized carbons (Fsp3) is 0.857. The van der Waals surface area contributed by atoms with Gasteiger partial charge in [0.15, 0.2) is 5.78 Å². The SMILES string of the molecule is O=C(CCl)C(O)C(CO)(CO)CO. The highest BCUT2D eigenvalue weighted by molar-refractivity contribution is 6.28. The van der Waals surface area contributed by atoms with Crippen LogP contribution in [0.15, 0.2) is 0 Å². The molecule has 0 saturated carbocycles. The maximum absolute atomic E-state index is 10.9. The lowest BCUT2D eigenvalue weighted by Gasteiger charge is -2.31. The van der Waals surface area contributed by atoms with Crippen molar-refractivity contribution in [2.75, 3.05) is 25.7 Å². The molecule has 1 atom stereocenters. The van der Waals surface area contributed by atoms with Crippen LogP contribution in [0.2, 0.25) is 0 Å². The lowest BCUT2D eigenvalue weighted by Crippen LogP contribution is -2.49. The molecule has 0 heterocycles. The molecule has 0 aliphatic rings. The van der Waals surface area contributed by atoms with E-state index in [2.05, 4.69) is 0 Å². The van der Waals surface area contributed by atoms with Crippen LogP contribution in [0.3, 0.4) is 0 Å². The van der Waals surface area contributed by atoms with Crippen molar-refractivity contribution in [3.63, 3.8) is 0 Å². The standard InChI is InChI=1S/C7H13ClO5/c8-1-5(12)6(13)7(2-9,3-10)4-11/h6,9-11,13H,1-4H2. The Morgan fingerprint density at radius 3 is 1.85 bits per heavy atom. The van der Waals surface area contributed by atoms with Crippen molar-refractivity contribution in [1.82, 2.24) is 0 Å². The number of ketones is 1. The van der Waals surface area contributed by atoms with Gasteiger partial charge in [-0.15, -0.1) is 11.6 Å². The molecule has 13 heavy (non-hydrogen) atoms. The Labute approximate surface area is 80.6 Å². The number of carbonyl (C=O) groups excluding carboxylic acids is 1. The van der Waals surface area contributed by atoms with E-state index < -0.39 is 43.0 Å². The molecule has 0 amide bonds. The predicted octanol–water partition coefficient (Wildman–Crippen LogP) is -1.88. The molecule has 0 aromatic rings. The second-order valence-corrected chi connectivity index (χ2v) is 3.11. The summed E-state index contributed by atoms with van der Waals surface area (Å²) in [5.41, 5.74) is -1.61. The van der Waals surface area contributed by atoms with Gasteiger partial charge in [-0.2, -0.15) is 0 Å². The summed E-state index contributed by atoms with van der Waals surface area (Å²) >= 11 is 5.17. The Hall–Kier alpha value is -0.200. The Morgan fingerprint density at radius 1 is 1.23 bits per heavy atom. The van der Waals surface area contributed by atoms with Crippen molar-refractivity contribution in [3.05, 3.63) is 0 Å². The molecule has 5 nitrogen and oxygen atoms in total. The first-order valence-electron chi connectivity index (χ1n) is 3.67. The molecule has 0 fully saturated rings. The minimum atomic E-state index is -1.65. The first kappa shape index (κ1) is 12.8. The zero-order chi connectivity index (χ0) is 10.5. The zero-order valence-corrected chi connectivity index (χ0v) is 7.74. The third kappa shape index (κ3) is 2.62. The highest BCUT2D eigenvalue weighted by atomic mass is 35.5. The van der Waals surface area contributed by atoms with Gasteiger partial charge in [0, 0.05) is 0 Å². The van der Waals surface area contributed by atoms with Gasteiger partial charge in [-0.1, -0.05) is 0 Å². The molecule has 0 aliphatic carbocycles. The molecule has 4 N–H and O–H groups in total. The van der Waals surface area contributed by atoms with Crippen LogP contribution >= 0.6 is 11.6 Å². The van der Waals surface area contributed by atoms with Gasteiger partial charge < -0.3 is 20.4 Å². The Morgan fingerprint density at radius 2 is 1.62 bits per heavy atom. The van der Waals surface area contributed by atoms with Crippen LogP contribution in [-0.2, 0) is 4.79 Å². The first-order valence-corrected chi connectivity index (χ1v) is 4.20. The molecular weight excluding hydrogens is 200 g/mol. The molecular formula is C7H13ClO5. The number of Topliss-reactive ketones (excluding diaryl/α,β-unsaturated/α-hetero) is 1. The maximum Gasteiger partial charge on any atom is 0.176 e. The number of alkyl halides is 1. The van der Waals surface area contributed by atoms with Gasteiger partial charge in [0.2, 0.25) is 0 Å². The van der Waals surface area contributed by atoms with Crippen LogP contribution in [0.1, 0.15) is 0 Å². The largest absolute Gasteiger partial charge is 0.395 e. The molecule has 0 aromatic heterocycles. The lowest BCUT2D eigenvalue weighted by molar-refractivity contribution is -0.142. The van der Waals surface area contributed by atoms with Crippen molar-refractivity contribution in [2.45, 2.75) is 6.10 Å². The van der Waals surface area contributed by atoms with Crippen molar-refractivity contribution in [2.24, 2.45) is 5.41 Å². The first-order chi connectivity index (χ1) is 6.07. The van der Waals surface area contributed by atoms with Crippen LogP contribution in [0.25, 0.3) is 0 Å². The molecule has 0 rings (SSSR count). The summed E-state index contributed by atoms with van der Waals surface area (Å²) in [6, 6.07) is 0. The maximum atomic E-state index is 10.9. The molecule has 0 aromatic carbocycles. The van der Waals surface area contributed by atoms with E-state index in [0.717, 1.165) is 0 Å². The quantitative estimate of drug-likeness (QED) is 0.387. The van der Waals surface area contributed by atoms with Gasteiger partial charge in [0.25, 0.3) is 0 Å². The fourth-order valence-electron chi connectivity index (χ4n) is 0.824. The number of aliphatic hydroxyl groups is 4. The highest BCUT2D eigenvalue weighted by Crippen LogP contribution is 2.21. The summed E-state index contributed by atoms with van der Waals surface area (Å²) in [7, 11) is 0. The van der Waals surface area contributed by atoms with Crippen LogP contribution in [0.4, 0.5) is 0 Å². The van der Waals surface area contributed by atoms with Crippen molar-refractivity contribution in [3.8, 4) is 0 Å². The Kier molecular flexibility index (Phi) is 5.43. The number of rotatable bonds is 6. The van der Waals surface area contributed by atoms with Crippen LogP contribution in [-0.4, -0.2) is 58.0 Å². The van der Waals surface area contributed by atoms with Crippen molar-refractivity contribution in [1.29, 1.82) is 0 Å². The molecule has 6 heteroatoms. The number of hydrogen-bond donors (Lipinski definition) is 4. The molecule has 0 bridgehead atoms. The van der Waals surface area contributed by atoms with E-state index in [-0.39, 0.29) is 0 Å². The molecule has 78 valence electrons. The average molecular weight is 213 g/mol. The summed E-state index contributed by atoms with van der Waals surface area (Å²) in [5, 5.41) is 35.8. The summed E-state index contributed by atoms with van der Waals surface area (Å²) < 4.78 is 0. The van der Waals surface area contributed by atoms with Crippen molar-refractivity contribution >= 4 is 17.4 Å². The molecule has 0 aliphatic heterocycles. The number of halogens is 1. The van der Waals surface area contributed by atoms with Gasteiger partial charge in [0.1, 0.15) is 6.10 Å². The van der Waals surface area contributed by atoms with E-state index >= 15 is 0 Å². The molecule has 1 unspecified atom stereocenters. The van der Waals surface area contributed by atoms with E-state index in [0.29, 0.717) is 0 Å². The second kappa shape index (κ2) is 5.51. The summed E-state index contributed by atoms with van der Waals surface area (Å²) in [6.07, 6.45) is -1.65. The summed E-state index contributed by atoms with van der Waals surface area (Å²) in [6.45, 7) is -2.07. The number of aliphatic hydroxyl groups excluding tert-OH is 4. The van der Waals surface area contributed by atoms with Crippen LogP contribution < -0.4 is 0 Å². The fourth-order valence-corrected chi connectivity index (χ4v) is 0.970. The zero-order valence-electron chi connectivity index (χ0n) is 6.98. The van der Waals surface area contributed by atoms with Gasteiger partial charge >= 0.3 is 0 Å². The minimum Gasteiger partial charge on any atom is -0.395 e. The van der Waals surface area contributed by atoms with Crippen LogP contribution in [0.5, 0.6) is 0 Å². The Bertz CT molecular complexity index is 160. The molecule has 0 saturated heterocycles. The third-order valence-corrected chi connectivity index (χ3v) is 2.22.